The van der Waals surface area contributed by atoms with Crippen LogP contribution in [-0.2, 0) is 0 Å². The van der Waals surface area contributed by atoms with E-state index in [1.165, 1.54) is 0 Å². The fraction of sp³-hybridized carbons (Fsp3) is 0.103. The first kappa shape index (κ1) is 24.8. The summed E-state index contributed by atoms with van der Waals surface area (Å²) in [6, 6.07) is 24.8. The van der Waals surface area contributed by atoms with Crippen LogP contribution in [0.1, 0.15) is 29.3 Å². The number of furan rings is 1. The van der Waals surface area contributed by atoms with Gasteiger partial charge < -0.3 is 9.15 Å². The number of fused-ring (bicyclic) bond motifs is 4. The second-order valence-electron chi connectivity index (χ2n) is 9.23. The number of benzene rings is 3. The number of carbonyl (C=O) groups excluding carboxylic acids is 1. The van der Waals surface area contributed by atoms with Crippen LogP contribution in [0.2, 0.25) is 10.0 Å². The van der Waals surface area contributed by atoms with Crippen LogP contribution >= 0.6 is 50.9 Å². The molecule has 3 aromatic carbocycles. The fourth-order valence-corrected chi connectivity index (χ4v) is 6.75. The average Bonchev–Trinajstić information content (AvgIpc) is 3.66. The first-order valence-corrected chi connectivity index (χ1v) is 14.4. The van der Waals surface area contributed by atoms with Gasteiger partial charge in [0.1, 0.15) is 17.3 Å². The van der Waals surface area contributed by atoms with Gasteiger partial charge in [0.05, 0.1) is 26.7 Å². The lowest BCUT2D eigenvalue weighted by atomic mass is 9.96. The van der Waals surface area contributed by atoms with Crippen molar-refractivity contribution in [2.24, 2.45) is 5.10 Å². The Morgan fingerprint density at radius 3 is 2.77 bits per heavy atom. The van der Waals surface area contributed by atoms with Crippen molar-refractivity contribution in [3.63, 3.8) is 0 Å². The summed E-state index contributed by atoms with van der Waals surface area (Å²) >= 11 is 17.3. The van der Waals surface area contributed by atoms with E-state index in [0.29, 0.717) is 44.2 Å². The van der Waals surface area contributed by atoms with Crippen LogP contribution in [0.4, 0.5) is 4.79 Å². The van der Waals surface area contributed by atoms with Crippen LogP contribution in [-0.4, -0.2) is 21.8 Å². The molecule has 1 N–H and O–H groups in total. The van der Waals surface area contributed by atoms with Gasteiger partial charge >= 0.3 is 5.85 Å². The third kappa shape index (κ3) is 4.17. The molecule has 2 atom stereocenters. The van der Waals surface area contributed by atoms with Crippen molar-refractivity contribution in [2.75, 3.05) is 0 Å². The van der Waals surface area contributed by atoms with Gasteiger partial charge in [0.2, 0.25) is 0 Å². The summed E-state index contributed by atoms with van der Waals surface area (Å²) in [5.74, 6) is 0.453. The zero-order valence-corrected chi connectivity index (χ0v) is 23.9. The molecule has 6 nitrogen and oxygen atoms in total. The monoisotopic (exact) mass is 637 g/mol. The zero-order valence-electron chi connectivity index (χ0n) is 20.0. The molecule has 2 unspecified atom stereocenters. The molecule has 1 fully saturated rings. The van der Waals surface area contributed by atoms with Crippen LogP contribution < -0.4 is 10.1 Å². The number of halogens is 3. The number of amides is 1. The first-order valence-electron chi connectivity index (χ1n) is 12.1. The van der Waals surface area contributed by atoms with Crippen molar-refractivity contribution in [1.29, 1.82) is 0 Å². The van der Waals surface area contributed by atoms with Crippen molar-refractivity contribution in [1.82, 2.24) is 10.3 Å². The Bertz CT molecular complexity index is 1710. The predicted molar refractivity (Wildman–Crippen MR) is 158 cm³/mol. The van der Waals surface area contributed by atoms with Gasteiger partial charge in [-0.15, -0.1) is 0 Å². The summed E-state index contributed by atoms with van der Waals surface area (Å²) in [7, 11) is 0. The molecule has 1 spiro atoms. The number of thioether (sulfide) groups is 1. The third-order valence-electron chi connectivity index (χ3n) is 6.85. The van der Waals surface area contributed by atoms with Crippen molar-refractivity contribution in [2.45, 2.75) is 18.3 Å². The molecule has 39 heavy (non-hydrogen) atoms. The second-order valence-corrected chi connectivity index (χ2v) is 11.9. The van der Waals surface area contributed by atoms with E-state index in [9.17, 15) is 4.79 Å². The zero-order chi connectivity index (χ0) is 26.7. The number of ether oxygens (including phenoxy) is 1. The SMILES string of the molecule is O=C1NC2(Oc3ccc(Br)cc3C3CC(c4ccccc4)=NN32)/C(=C/c2ccc(-c3cccc(Cl)c3Cl)o2)S1. The maximum Gasteiger partial charge on any atom is 0.314 e. The topological polar surface area (TPSA) is 67.1 Å². The summed E-state index contributed by atoms with van der Waals surface area (Å²) in [4.78, 5) is 13.5. The summed E-state index contributed by atoms with van der Waals surface area (Å²) in [6.45, 7) is 0. The van der Waals surface area contributed by atoms with Crippen LogP contribution in [0.5, 0.6) is 5.75 Å². The van der Waals surface area contributed by atoms with E-state index in [1.807, 2.05) is 83.9 Å². The van der Waals surface area contributed by atoms with Crippen LogP contribution in [0.3, 0.4) is 0 Å². The second kappa shape index (κ2) is 9.48. The molecular weight excluding hydrogens is 621 g/mol. The van der Waals surface area contributed by atoms with E-state index < -0.39 is 5.85 Å². The predicted octanol–water partition coefficient (Wildman–Crippen LogP) is 8.71. The van der Waals surface area contributed by atoms with E-state index in [2.05, 4.69) is 21.2 Å². The fourth-order valence-electron chi connectivity index (χ4n) is 5.09. The molecule has 1 aromatic heterocycles. The molecule has 0 bridgehead atoms. The maximum absolute atomic E-state index is 12.9. The molecule has 3 aliphatic rings. The first-order chi connectivity index (χ1) is 18.9. The molecule has 0 saturated carbocycles. The Hall–Kier alpha value is -3.17. The number of nitrogens with one attached hydrogen (secondary N) is 1. The maximum atomic E-state index is 12.9. The minimum atomic E-state index is -1.33. The lowest BCUT2D eigenvalue weighted by molar-refractivity contribution is -0.0949. The molecule has 4 heterocycles. The molecule has 0 radical (unpaired) electrons. The quantitative estimate of drug-likeness (QED) is 0.243. The molecule has 0 aliphatic carbocycles. The van der Waals surface area contributed by atoms with Crippen LogP contribution in [0.15, 0.2) is 97.8 Å². The largest absolute Gasteiger partial charge is 0.457 e. The molecule has 4 aromatic rings. The van der Waals surface area contributed by atoms with Gasteiger partial charge in [-0.25, -0.2) is 5.01 Å². The summed E-state index contributed by atoms with van der Waals surface area (Å²) in [5.41, 5.74) is 3.61. The van der Waals surface area contributed by atoms with E-state index in [0.717, 1.165) is 33.1 Å². The van der Waals surface area contributed by atoms with Crippen LogP contribution in [0, 0.1) is 0 Å². The number of carbonyl (C=O) groups is 1. The number of nitrogens with zero attached hydrogens (tertiary/aromatic N) is 2. The number of rotatable bonds is 3. The molecular formula is C29H18BrCl2N3O3S. The lowest BCUT2D eigenvalue weighted by Gasteiger charge is -2.45. The highest BCUT2D eigenvalue weighted by Gasteiger charge is 2.58. The molecule has 7 rings (SSSR count). The van der Waals surface area contributed by atoms with Crippen molar-refractivity contribution < 1.29 is 13.9 Å². The van der Waals surface area contributed by atoms with Gasteiger partial charge in [0, 0.05) is 22.0 Å². The normalized spacial score (nSPS) is 22.5. The molecule has 194 valence electrons. The summed E-state index contributed by atoms with van der Waals surface area (Å²) in [6.07, 6.45) is 2.46. The highest BCUT2D eigenvalue weighted by molar-refractivity contribution is 9.10. The Morgan fingerprint density at radius 2 is 1.92 bits per heavy atom. The Morgan fingerprint density at radius 1 is 1.08 bits per heavy atom. The van der Waals surface area contributed by atoms with Gasteiger partial charge in [-0.3, -0.25) is 10.1 Å². The number of hydrazone groups is 1. The Balaban J connectivity index is 1.34. The standard InChI is InChI=1S/C29H18BrCl2N3O3S/c30-17-9-11-25-20(13-17)23-15-22(16-5-2-1-3-6-16)34-35(23)29(38-25)26(39-28(36)33-29)14-18-10-12-24(37-18)19-7-4-8-21(31)27(19)32/h1-14,23H,15H2,(H,33,36)/b26-14-. The highest BCUT2D eigenvalue weighted by atomic mass is 79.9. The van der Waals surface area contributed by atoms with Gasteiger partial charge in [-0.1, -0.05) is 75.5 Å². The minimum absolute atomic E-state index is 0.152. The minimum Gasteiger partial charge on any atom is -0.457 e. The van der Waals surface area contributed by atoms with Gasteiger partial charge in [0.25, 0.3) is 5.24 Å². The van der Waals surface area contributed by atoms with Crippen LogP contribution in [0.25, 0.3) is 17.4 Å². The average molecular weight is 639 g/mol. The van der Waals surface area contributed by atoms with E-state index in [1.54, 1.807) is 6.07 Å². The van der Waals surface area contributed by atoms with Crippen molar-refractivity contribution in [3.05, 3.63) is 115 Å². The summed E-state index contributed by atoms with van der Waals surface area (Å²) in [5, 5.41) is 10.6. The Labute approximate surface area is 246 Å². The van der Waals surface area contributed by atoms with E-state index in [-0.39, 0.29) is 11.3 Å². The van der Waals surface area contributed by atoms with Gasteiger partial charge in [-0.05, 0) is 65.9 Å². The van der Waals surface area contributed by atoms with Crippen molar-refractivity contribution >= 4 is 67.9 Å². The van der Waals surface area contributed by atoms with E-state index >= 15 is 0 Å². The van der Waals surface area contributed by atoms with Gasteiger partial charge in [-0.2, -0.15) is 5.10 Å². The molecule has 1 amide bonds. The summed E-state index contributed by atoms with van der Waals surface area (Å²) < 4.78 is 13.7. The number of hydrogen-bond donors (Lipinski definition) is 1. The third-order valence-corrected chi connectivity index (χ3v) is 9.07. The molecule has 1 saturated heterocycles. The smallest absolute Gasteiger partial charge is 0.314 e. The molecule has 10 heteroatoms. The molecule has 3 aliphatic heterocycles. The highest BCUT2D eigenvalue weighted by Crippen LogP contribution is 2.53. The van der Waals surface area contributed by atoms with Crippen molar-refractivity contribution in [3.8, 4) is 17.1 Å². The van der Waals surface area contributed by atoms with Gasteiger partial charge in [0.15, 0.2) is 0 Å². The Kier molecular flexibility index (Phi) is 6.04. The van der Waals surface area contributed by atoms with E-state index in [4.69, 9.17) is 37.5 Å². The lowest BCUT2D eigenvalue weighted by Crippen LogP contribution is -2.61. The number of hydrogen-bond acceptors (Lipinski definition) is 6.